The van der Waals surface area contributed by atoms with E-state index in [0.717, 1.165) is 0 Å². The quantitative estimate of drug-likeness (QED) is 0.785. The van der Waals surface area contributed by atoms with E-state index in [9.17, 15) is 19.1 Å². The predicted molar refractivity (Wildman–Crippen MR) is 69.0 cm³/mol. The van der Waals surface area contributed by atoms with Crippen molar-refractivity contribution in [3.8, 4) is 0 Å². The molecule has 1 aromatic rings. The van der Waals surface area contributed by atoms with Gasteiger partial charge in [0.25, 0.3) is 0 Å². The average molecular weight is 282 g/mol. The minimum absolute atomic E-state index is 0.208. The summed E-state index contributed by atoms with van der Waals surface area (Å²) in [7, 11) is 0. The SMILES string of the molecule is O=C(Nc1ccc(F)cc1)NC1(C(=O)O)CCOCC1. The van der Waals surface area contributed by atoms with Crippen LogP contribution in [0.2, 0.25) is 0 Å². The zero-order valence-corrected chi connectivity index (χ0v) is 10.7. The number of ether oxygens (including phenoxy) is 1. The zero-order valence-electron chi connectivity index (χ0n) is 10.7. The monoisotopic (exact) mass is 282 g/mol. The molecule has 7 heteroatoms. The van der Waals surface area contributed by atoms with Crippen LogP contribution in [-0.4, -0.2) is 35.9 Å². The van der Waals surface area contributed by atoms with Crippen LogP contribution in [0, 0.1) is 5.82 Å². The second kappa shape index (κ2) is 5.87. The van der Waals surface area contributed by atoms with E-state index in [1.807, 2.05) is 0 Å². The first-order valence-electron chi connectivity index (χ1n) is 6.18. The second-order valence-corrected chi connectivity index (χ2v) is 4.59. The van der Waals surface area contributed by atoms with Gasteiger partial charge in [-0.3, -0.25) is 0 Å². The minimum atomic E-state index is -1.32. The molecule has 0 aromatic heterocycles. The standard InChI is InChI=1S/C13H15FN2O4/c14-9-1-3-10(4-2-9)15-12(19)16-13(11(17)18)5-7-20-8-6-13/h1-4H,5-8H2,(H,17,18)(H2,15,16,19). The fourth-order valence-electron chi connectivity index (χ4n) is 2.03. The molecule has 1 saturated heterocycles. The normalized spacial score (nSPS) is 17.2. The van der Waals surface area contributed by atoms with E-state index in [4.69, 9.17) is 4.74 Å². The van der Waals surface area contributed by atoms with Crippen molar-refractivity contribution in [2.45, 2.75) is 18.4 Å². The Morgan fingerprint density at radius 2 is 1.80 bits per heavy atom. The van der Waals surface area contributed by atoms with Gasteiger partial charge in [-0.2, -0.15) is 0 Å². The number of carboxylic acids is 1. The summed E-state index contributed by atoms with van der Waals surface area (Å²) in [6.07, 6.45) is 0.415. The number of urea groups is 1. The Hall–Kier alpha value is -2.15. The van der Waals surface area contributed by atoms with Gasteiger partial charge in [0.1, 0.15) is 11.4 Å². The van der Waals surface area contributed by atoms with Gasteiger partial charge in [0.15, 0.2) is 0 Å². The van der Waals surface area contributed by atoms with E-state index in [-0.39, 0.29) is 26.1 Å². The summed E-state index contributed by atoms with van der Waals surface area (Å²) in [6.45, 7) is 0.562. The molecule has 20 heavy (non-hydrogen) atoms. The Kier molecular flexibility index (Phi) is 4.19. The van der Waals surface area contributed by atoms with Crippen LogP contribution in [0.4, 0.5) is 14.9 Å². The van der Waals surface area contributed by atoms with Gasteiger partial charge < -0.3 is 20.5 Å². The van der Waals surface area contributed by atoms with Crippen LogP contribution < -0.4 is 10.6 Å². The molecule has 3 N–H and O–H groups in total. The predicted octanol–water partition coefficient (Wildman–Crippen LogP) is 1.58. The van der Waals surface area contributed by atoms with Crippen molar-refractivity contribution in [3.63, 3.8) is 0 Å². The van der Waals surface area contributed by atoms with Crippen molar-refractivity contribution in [1.29, 1.82) is 0 Å². The second-order valence-electron chi connectivity index (χ2n) is 4.59. The third-order valence-corrected chi connectivity index (χ3v) is 3.21. The van der Waals surface area contributed by atoms with Crippen LogP contribution >= 0.6 is 0 Å². The Balaban J connectivity index is 2.01. The highest BCUT2D eigenvalue weighted by Gasteiger charge is 2.41. The lowest BCUT2D eigenvalue weighted by atomic mass is 9.90. The molecule has 108 valence electrons. The van der Waals surface area contributed by atoms with E-state index < -0.39 is 23.4 Å². The number of nitrogens with one attached hydrogen (secondary N) is 2. The average Bonchev–Trinajstić information content (AvgIpc) is 2.42. The van der Waals surface area contributed by atoms with E-state index in [2.05, 4.69) is 10.6 Å². The number of carbonyl (C=O) groups excluding carboxylic acids is 1. The number of hydrogen-bond donors (Lipinski definition) is 3. The Bertz CT molecular complexity index is 498. The summed E-state index contributed by atoms with van der Waals surface area (Å²) >= 11 is 0. The molecule has 1 heterocycles. The Morgan fingerprint density at radius 3 is 2.35 bits per heavy atom. The van der Waals surface area contributed by atoms with Gasteiger partial charge in [-0.05, 0) is 24.3 Å². The number of carbonyl (C=O) groups is 2. The smallest absolute Gasteiger partial charge is 0.329 e. The third-order valence-electron chi connectivity index (χ3n) is 3.21. The maximum atomic E-state index is 12.7. The first kappa shape index (κ1) is 14.3. The maximum Gasteiger partial charge on any atom is 0.329 e. The number of halogens is 1. The Morgan fingerprint density at radius 1 is 1.20 bits per heavy atom. The molecular formula is C13H15FN2O4. The van der Waals surface area contributed by atoms with Crippen LogP contribution in [0.15, 0.2) is 24.3 Å². The van der Waals surface area contributed by atoms with Crippen LogP contribution in [0.3, 0.4) is 0 Å². The minimum Gasteiger partial charge on any atom is -0.480 e. The van der Waals surface area contributed by atoms with Crippen molar-refractivity contribution in [2.24, 2.45) is 0 Å². The number of hydrogen-bond acceptors (Lipinski definition) is 3. The molecule has 0 bridgehead atoms. The highest BCUT2D eigenvalue weighted by atomic mass is 19.1. The van der Waals surface area contributed by atoms with Gasteiger partial charge in [0.2, 0.25) is 0 Å². The van der Waals surface area contributed by atoms with E-state index in [1.54, 1.807) is 0 Å². The summed E-state index contributed by atoms with van der Waals surface area (Å²) in [4.78, 5) is 23.2. The molecule has 2 rings (SSSR count). The fraction of sp³-hybridized carbons (Fsp3) is 0.385. The van der Waals surface area contributed by atoms with Crippen molar-refractivity contribution >= 4 is 17.7 Å². The molecule has 0 saturated carbocycles. The lowest BCUT2D eigenvalue weighted by Crippen LogP contribution is -2.58. The van der Waals surface area contributed by atoms with E-state index in [1.165, 1.54) is 24.3 Å². The zero-order chi connectivity index (χ0) is 14.6. The van der Waals surface area contributed by atoms with Gasteiger partial charge >= 0.3 is 12.0 Å². The molecular weight excluding hydrogens is 267 g/mol. The summed E-state index contributed by atoms with van der Waals surface area (Å²) in [5.41, 5.74) is -0.931. The van der Waals surface area contributed by atoms with Gasteiger partial charge in [0.05, 0.1) is 0 Å². The highest BCUT2D eigenvalue weighted by Crippen LogP contribution is 2.21. The van der Waals surface area contributed by atoms with Gasteiger partial charge in [-0.25, -0.2) is 14.0 Å². The number of rotatable bonds is 3. The fourth-order valence-corrected chi connectivity index (χ4v) is 2.03. The molecule has 0 radical (unpaired) electrons. The molecule has 2 amide bonds. The number of carboxylic acid groups (broad SMARTS) is 1. The number of benzene rings is 1. The van der Waals surface area contributed by atoms with Gasteiger partial charge in [0, 0.05) is 31.7 Å². The summed E-state index contributed by atoms with van der Waals surface area (Å²) in [5, 5.41) is 14.2. The third kappa shape index (κ3) is 3.24. The summed E-state index contributed by atoms with van der Waals surface area (Å²) < 4.78 is 17.9. The first-order chi connectivity index (χ1) is 9.52. The molecule has 0 unspecified atom stereocenters. The van der Waals surface area contributed by atoms with E-state index >= 15 is 0 Å². The molecule has 0 atom stereocenters. The van der Waals surface area contributed by atoms with E-state index in [0.29, 0.717) is 5.69 Å². The van der Waals surface area contributed by atoms with Crippen molar-refractivity contribution in [3.05, 3.63) is 30.1 Å². The van der Waals surface area contributed by atoms with Crippen LogP contribution in [0.5, 0.6) is 0 Å². The number of anilines is 1. The number of aliphatic carboxylic acids is 1. The van der Waals surface area contributed by atoms with Crippen LogP contribution in [0.1, 0.15) is 12.8 Å². The lowest BCUT2D eigenvalue weighted by molar-refractivity contribution is -0.148. The molecule has 1 fully saturated rings. The maximum absolute atomic E-state index is 12.7. The van der Waals surface area contributed by atoms with Crippen LogP contribution in [-0.2, 0) is 9.53 Å². The molecule has 0 aliphatic carbocycles. The molecule has 6 nitrogen and oxygen atoms in total. The molecule has 1 aromatic carbocycles. The summed E-state index contributed by atoms with van der Waals surface area (Å²) in [6, 6.07) is 4.56. The number of amides is 2. The highest BCUT2D eigenvalue weighted by molar-refractivity contribution is 5.93. The van der Waals surface area contributed by atoms with Gasteiger partial charge in [-0.15, -0.1) is 0 Å². The largest absolute Gasteiger partial charge is 0.480 e. The van der Waals surface area contributed by atoms with Crippen molar-refractivity contribution in [1.82, 2.24) is 5.32 Å². The van der Waals surface area contributed by atoms with Crippen LogP contribution in [0.25, 0.3) is 0 Å². The first-order valence-corrected chi connectivity index (χ1v) is 6.18. The topological polar surface area (TPSA) is 87.7 Å². The van der Waals surface area contributed by atoms with Crippen molar-refractivity contribution < 1.29 is 23.8 Å². The Labute approximate surface area is 114 Å². The molecule has 1 aliphatic rings. The lowest BCUT2D eigenvalue weighted by Gasteiger charge is -2.33. The van der Waals surface area contributed by atoms with Gasteiger partial charge in [-0.1, -0.05) is 0 Å². The summed E-state index contributed by atoms with van der Waals surface area (Å²) in [5.74, 6) is -1.50. The molecule has 1 aliphatic heterocycles. The van der Waals surface area contributed by atoms with Crippen molar-refractivity contribution in [2.75, 3.05) is 18.5 Å². The molecule has 0 spiro atoms.